The summed E-state index contributed by atoms with van der Waals surface area (Å²) in [6.45, 7) is 2.44. The summed E-state index contributed by atoms with van der Waals surface area (Å²) < 4.78 is 0. The highest BCUT2D eigenvalue weighted by molar-refractivity contribution is 5.81. The van der Waals surface area contributed by atoms with Crippen LogP contribution in [0.25, 0.3) is 0 Å². The molecular formula is C11H16N2O. The van der Waals surface area contributed by atoms with Crippen LogP contribution in [-0.4, -0.2) is 11.9 Å². The quantitative estimate of drug-likeness (QED) is 0.749. The van der Waals surface area contributed by atoms with Gasteiger partial charge in [-0.05, 0) is 12.0 Å². The third kappa shape index (κ3) is 3.18. The van der Waals surface area contributed by atoms with Gasteiger partial charge in [-0.15, -0.1) is 0 Å². The van der Waals surface area contributed by atoms with Crippen LogP contribution >= 0.6 is 0 Å². The van der Waals surface area contributed by atoms with Crippen molar-refractivity contribution in [3.63, 3.8) is 0 Å². The summed E-state index contributed by atoms with van der Waals surface area (Å²) in [6, 6.07) is 9.39. The fourth-order valence-corrected chi connectivity index (χ4v) is 1.10. The monoisotopic (exact) mass is 192 g/mol. The van der Waals surface area contributed by atoms with Gasteiger partial charge >= 0.3 is 0 Å². The number of rotatable bonds is 4. The number of carbonyl (C=O) groups is 1. The Balaban J connectivity index is 2.38. The van der Waals surface area contributed by atoms with Gasteiger partial charge in [0.25, 0.3) is 0 Å². The predicted molar refractivity (Wildman–Crippen MR) is 56.6 cm³/mol. The Hall–Kier alpha value is -1.35. The zero-order valence-electron chi connectivity index (χ0n) is 8.36. The number of benzene rings is 1. The van der Waals surface area contributed by atoms with Crippen LogP contribution < -0.4 is 11.1 Å². The van der Waals surface area contributed by atoms with Gasteiger partial charge in [-0.25, -0.2) is 0 Å². The van der Waals surface area contributed by atoms with Crippen molar-refractivity contribution in [3.05, 3.63) is 35.9 Å². The second kappa shape index (κ2) is 5.40. The second-order valence-corrected chi connectivity index (χ2v) is 3.22. The molecule has 76 valence electrons. The van der Waals surface area contributed by atoms with Crippen molar-refractivity contribution in [3.8, 4) is 0 Å². The number of hydrogen-bond acceptors (Lipinski definition) is 2. The summed E-state index contributed by atoms with van der Waals surface area (Å²) in [4.78, 5) is 11.3. The van der Waals surface area contributed by atoms with Crippen molar-refractivity contribution < 1.29 is 4.79 Å². The van der Waals surface area contributed by atoms with Crippen LogP contribution in [0.5, 0.6) is 0 Å². The Kier molecular flexibility index (Phi) is 4.13. The second-order valence-electron chi connectivity index (χ2n) is 3.22. The average Bonchev–Trinajstić information content (AvgIpc) is 2.26. The molecule has 1 amide bonds. The van der Waals surface area contributed by atoms with Crippen LogP contribution in [0.1, 0.15) is 18.9 Å². The minimum Gasteiger partial charge on any atom is -0.351 e. The SMILES string of the molecule is CC[C@@H](N)C(=O)NCc1ccccc1. The predicted octanol–water partition coefficient (Wildman–Crippen LogP) is 1.04. The molecule has 0 heterocycles. The smallest absolute Gasteiger partial charge is 0.237 e. The van der Waals surface area contributed by atoms with E-state index in [0.29, 0.717) is 13.0 Å². The minimum absolute atomic E-state index is 0.0867. The molecule has 0 spiro atoms. The Morgan fingerprint density at radius 2 is 2.07 bits per heavy atom. The van der Waals surface area contributed by atoms with Crippen molar-refractivity contribution in [2.24, 2.45) is 5.73 Å². The third-order valence-corrected chi connectivity index (χ3v) is 2.09. The lowest BCUT2D eigenvalue weighted by Gasteiger charge is -2.09. The molecule has 1 rings (SSSR count). The van der Waals surface area contributed by atoms with Gasteiger partial charge in [0.2, 0.25) is 5.91 Å². The number of nitrogens with two attached hydrogens (primary N) is 1. The highest BCUT2D eigenvalue weighted by Gasteiger charge is 2.09. The van der Waals surface area contributed by atoms with E-state index >= 15 is 0 Å². The normalized spacial score (nSPS) is 12.1. The highest BCUT2D eigenvalue weighted by atomic mass is 16.2. The number of hydrogen-bond donors (Lipinski definition) is 2. The molecule has 0 bridgehead atoms. The van der Waals surface area contributed by atoms with Crippen molar-refractivity contribution in [1.82, 2.24) is 5.32 Å². The van der Waals surface area contributed by atoms with Crippen LogP contribution in [0.2, 0.25) is 0 Å². The fraction of sp³-hybridized carbons (Fsp3) is 0.364. The van der Waals surface area contributed by atoms with Gasteiger partial charge in [0.05, 0.1) is 6.04 Å². The molecule has 1 aromatic rings. The summed E-state index contributed by atoms with van der Waals surface area (Å²) in [5.41, 5.74) is 6.66. The standard InChI is InChI=1S/C11H16N2O/c1-2-10(12)11(14)13-8-9-6-4-3-5-7-9/h3-7,10H,2,8,12H2,1H3,(H,13,14)/t10-/m1/s1. The van der Waals surface area contributed by atoms with E-state index in [2.05, 4.69) is 5.32 Å². The number of carbonyl (C=O) groups excluding carboxylic acids is 1. The van der Waals surface area contributed by atoms with Crippen LogP contribution in [0.4, 0.5) is 0 Å². The zero-order valence-corrected chi connectivity index (χ0v) is 8.36. The molecule has 0 radical (unpaired) electrons. The minimum atomic E-state index is -0.390. The maximum absolute atomic E-state index is 11.3. The van der Waals surface area contributed by atoms with Crippen LogP contribution in [-0.2, 0) is 11.3 Å². The number of amides is 1. The summed E-state index contributed by atoms with van der Waals surface area (Å²) in [5, 5.41) is 2.79. The van der Waals surface area contributed by atoms with Crippen molar-refractivity contribution in [2.45, 2.75) is 25.9 Å². The van der Waals surface area contributed by atoms with Gasteiger partial charge in [-0.2, -0.15) is 0 Å². The summed E-state index contributed by atoms with van der Waals surface area (Å²) in [5.74, 6) is -0.0867. The lowest BCUT2D eigenvalue weighted by Crippen LogP contribution is -2.39. The van der Waals surface area contributed by atoms with E-state index in [9.17, 15) is 4.79 Å². The molecule has 14 heavy (non-hydrogen) atoms. The van der Waals surface area contributed by atoms with Gasteiger partial charge in [0.15, 0.2) is 0 Å². The van der Waals surface area contributed by atoms with E-state index in [-0.39, 0.29) is 5.91 Å². The lowest BCUT2D eigenvalue weighted by molar-refractivity contribution is -0.122. The first kappa shape index (κ1) is 10.7. The molecule has 1 atom stereocenters. The van der Waals surface area contributed by atoms with Gasteiger partial charge in [0.1, 0.15) is 0 Å². The van der Waals surface area contributed by atoms with E-state index in [1.54, 1.807) is 0 Å². The molecule has 3 heteroatoms. The molecule has 3 N–H and O–H groups in total. The Bertz CT molecular complexity index is 285. The van der Waals surface area contributed by atoms with Crippen LogP contribution in [0, 0.1) is 0 Å². The fourth-order valence-electron chi connectivity index (χ4n) is 1.10. The number of nitrogens with one attached hydrogen (secondary N) is 1. The van der Waals surface area contributed by atoms with E-state index in [1.807, 2.05) is 37.3 Å². The van der Waals surface area contributed by atoms with Gasteiger partial charge in [-0.1, -0.05) is 37.3 Å². The first-order valence-electron chi connectivity index (χ1n) is 4.81. The van der Waals surface area contributed by atoms with Crippen LogP contribution in [0.3, 0.4) is 0 Å². The maximum Gasteiger partial charge on any atom is 0.237 e. The van der Waals surface area contributed by atoms with Crippen molar-refractivity contribution >= 4 is 5.91 Å². The molecular weight excluding hydrogens is 176 g/mol. The van der Waals surface area contributed by atoms with Gasteiger partial charge < -0.3 is 11.1 Å². The first-order chi connectivity index (χ1) is 6.74. The summed E-state index contributed by atoms with van der Waals surface area (Å²) in [7, 11) is 0. The van der Waals surface area contributed by atoms with E-state index in [4.69, 9.17) is 5.73 Å². The highest BCUT2D eigenvalue weighted by Crippen LogP contribution is 1.97. The van der Waals surface area contributed by atoms with Crippen molar-refractivity contribution in [1.29, 1.82) is 0 Å². The van der Waals surface area contributed by atoms with Crippen LogP contribution in [0.15, 0.2) is 30.3 Å². The Labute approximate surface area is 84.3 Å². The molecule has 1 aromatic carbocycles. The van der Waals surface area contributed by atoms with E-state index < -0.39 is 6.04 Å². The topological polar surface area (TPSA) is 55.1 Å². The maximum atomic E-state index is 11.3. The molecule has 0 saturated carbocycles. The molecule has 0 aromatic heterocycles. The summed E-state index contributed by atoms with van der Waals surface area (Å²) >= 11 is 0. The molecule has 3 nitrogen and oxygen atoms in total. The Morgan fingerprint density at radius 3 is 2.64 bits per heavy atom. The molecule has 0 aliphatic carbocycles. The third-order valence-electron chi connectivity index (χ3n) is 2.09. The molecule has 0 fully saturated rings. The molecule has 0 aliphatic heterocycles. The molecule has 0 aliphatic rings. The lowest BCUT2D eigenvalue weighted by atomic mass is 10.2. The average molecular weight is 192 g/mol. The van der Waals surface area contributed by atoms with E-state index in [1.165, 1.54) is 0 Å². The van der Waals surface area contributed by atoms with Crippen molar-refractivity contribution in [2.75, 3.05) is 0 Å². The van der Waals surface area contributed by atoms with E-state index in [0.717, 1.165) is 5.56 Å². The largest absolute Gasteiger partial charge is 0.351 e. The molecule has 0 unspecified atom stereocenters. The first-order valence-corrected chi connectivity index (χ1v) is 4.81. The van der Waals surface area contributed by atoms with Gasteiger partial charge in [-0.3, -0.25) is 4.79 Å². The van der Waals surface area contributed by atoms with Gasteiger partial charge in [0, 0.05) is 6.54 Å². The zero-order chi connectivity index (χ0) is 10.4. The molecule has 0 saturated heterocycles. The summed E-state index contributed by atoms with van der Waals surface area (Å²) in [6.07, 6.45) is 0.667. The Morgan fingerprint density at radius 1 is 1.43 bits per heavy atom.